The largest absolute Gasteiger partial charge is 0.508 e. The fourth-order valence-electron chi connectivity index (χ4n) is 1.53. The molecule has 82 valence electrons. The number of phenolic OH excluding ortho intramolecular Hbond substituents is 1. The first-order valence-corrected chi connectivity index (χ1v) is 4.84. The van der Waals surface area contributed by atoms with Gasteiger partial charge in [-0.25, -0.2) is 0 Å². The van der Waals surface area contributed by atoms with Crippen LogP contribution in [0.25, 0.3) is 0 Å². The summed E-state index contributed by atoms with van der Waals surface area (Å²) in [4.78, 5) is 10.9. The van der Waals surface area contributed by atoms with Gasteiger partial charge in [-0.1, -0.05) is 6.07 Å². The first kappa shape index (κ1) is 11.6. The van der Waals surface area contributed by atoms with Crippen LogP contribution in [0.2, 0.25) is 0 Å². The van der Waals surface area contributed by atoms with Crippen LogP contribution < -0.4 is 0 Å². The minimum absolute atomic E-state index is 0.186. The van der Waals surface area contributed by atoms with Gasteiger partial charge in [-0.05, 0) is 50.5 Å². The van der Waals surface area contributed by atoms with E-state index in [1.807, 2.05) is 13.0 Å². The topological polar surface area (TPSA) is 57.5 Å². The third-order valence-electron chi connectivity index (χ3n) is 2.35. The van der Waals surface area contributed by atoms with Crippen LogP contribution in [0.3, 0.4) is 0 Å². The van der Waals surface area contributed by atoms with Crippen LogP contribution in [-0.4, -0.2) is 16.2 Å². The number of hydrogen-bond donors (Lipinski definition) is 2. The van der Waals surface area contributed by atoms with Crippen molar-refractivity contribution in [2.24, 2.45) is 5.41 Å². The molecular formula is C12H16O3. The molecule has 0 unspecified atom stereocenters. The molecule has 0 bridgehead atoms. The van der Waals surface area contributed by atoms with Crippen LogP contribution >= 0.6 is 0 Å². The number of benzene rings is 1. The van der Waals surface area contributed by atoms with Gasteiger partial charge in [0.25, 0.3) is 0 Å². The third-order valence-corrected chi connectivity index (χ3v) is 2.35. The standard InChI is InChI=1S/C12H16O3/c1-8-4-9(6-10(13)5-8)7-12(2,3)11(14)15/h4-6,13H,7H2,1-3H3,(H,14,15). The molecule has 0 amide bonds. The molecule has 1 rings (SSSR count). The van der Waals surface area contributed by atoms with Crippen molar-refractivity contribution in [1.29, 1.82) is 0 Å². The fraction of sp³-hybridized carbons (Fsp3) is 0.417. The number of aryl methyl sites for hydroxylation is 1. The molecule has 0 saturated heterocycles. The van der Waals surface area contributed by atoms with E-state index in [9.17, 15) is 9.90 Å². The van der Waals surface area contributed by atoms with Crippen molar-refractivity contribution in [3.8, 4) is 5.75 Å². The number of aromatic hydroxyl groups is 1. The van der Waals surface area contributed by atoms with Gasteiger partial charge in [-0.3, -0.25) is 4.79 Å². The van der Waals surface area contributed by atoms with Gasteiger partial charge in [0.15, 0.2) is 0 Å². The molecule has 0 fully saturated rings. The Morgan fingerprint density at radius 3 is 2.40 bits per heavy atom. The van der Waals surface area contributed by atoms with E-state index >= 15 is 0 Å². The Labute approximate surface area is 89.4 Å². The van der Waals surface area contributed by atoms with Crippen LogP contribution in [0.4, 0.5) is 0 Å². The molecule has 3 heteroatoms. The van der Waals surface area contributed by atoms with E-state index in [1.165, 1.54) is 0 Å². The molecule has 0 saturated carbocycles. The normalized spacial score (nSPS) is 11.4. The summed E-state index contributed by atoms with van der Waals surface area (Å²) in [6, 6.07) is 5.15. The molecule has 0 aromatic heterocycles. The van der Waals surface area contributed by atoms with Gasteiger partial charge >= 0.3 is 5.97 Å². The van der Waals surface area contributed by atoms with E-state index in [-0.39, 0.29) is 5.75 Å². The molecule has 0 radical (unpaired) electrons. The van der Waals surface area contributed by atoms with Crippen LogP contribution in [0.1, 0.15) is 25.0 Å². The highest BCUT2D eigenvalue weighted by Gasteiger charge is 2.27. The average Bonchev–Trinajstić information content (AvgIpc) is 1.99. The number of hydrogen-bond acceptors (Lipinski definition) is 2. The minimum atomic E-state index is -0.830. The van der Waals surface area contributed by atoms with Crippen LogP contribution in [0, 0.1) is 12.3 Å². The summed E-state index contributed by atoms with van der Waals surface area (Å²) in [6.07, 6.45) is 0.414. The highest BCUT2D eigenvalue weighted by Crippen LogP contribution is 2.25. The minimum Gasteiger partial charge on any atom is -0.508 e. The summed E-state index contributed by atoms with van der Waals surface area (Å²) in [5.74, 6) is -0.644. The number of aliphatic carboxylic acids is 1. The lowest BCUT2D eigenvalue weighted by Crippen LogP contribution is -2.26. The molecule has 15 heavy (non-hydrogen) atoms. The number of carbonyl (C=O) groups is 1. The molecule has 2 N–H and O–H groups in total. The lowest BCUT2D eigenvalue weighted by atomic mass is 9.85. The third kappa shape index (κ3) is 2.98. The summed E-state index contributed by atoms with van der Waals surface area (Å²) >= 11 is 0. The fourth-order valence-corrected chi connectivity index (χ4v) is 1.53. The molecule has 0 atom stereocenters. The summed E-state index contributed by atoms with van der Waals surface area (Å²) in [5.41, 5.74) is 0.978. The van der Waals surface area contributed by atoms with Gasteiger partial charge in [-0.2, -0.15) is 0 Å². The smallest absolute Gasteiger partial charge is 0.309 e. The second-order valence-corrected chi connectivity index (χ2v) is 4.54. The molecular weight excluding hydrogens is 192 g/mol. The SMILES string of the molecule is Cc1cc(O)cc(CC(C)(C)C(=O)O)c1. The Morgan fingerprint density at radius 1 is 1.33 bits per heavy atom. The van der Waals surface area contributed by atoms with Crippen molar-refractivity contribution < 1.29 is 15.0 Å². The molecule has 0 heterocycles. The lowest BCUT2D eigenvalue weighted by Gasteiger charge is -2.19. The highest BCUT2D eigenvalue weighted by molar-refractivity contribution is 5.74. The molecule has 1 aromatic carbocycles. The van der Waals surface area contributed by atoms with E-state index in [2.05, 4.69) is 0 Å². The number of carboxylic acids is 1. The monoisotopic (exact) mass is 208 g/mol. The van der Waals surface area contributed by atoms with E-state index in [4.69, 9.17) is 5.11 Å². The highest BCUT2D eigenvalue weighted by atomic mass is 16.4. The van der Waals surface area contributed by atoms with Gasteiger partial charge in [0.05, 0.1) is 5.41 Å². The van der Waals surface area contributed by atoms with Crippen molar-refractivity contribution in [2.75, 3.05) is 0 Å². The van der Waals surface area contributed by atoms with Gasteiger partial charge in [0.2, 0.25) is 0 Å². The summed E-state index contributed by atoms with van der Waals surface area (Å²) in [5, 5.41) is 18.4. The van der Waals surface area contributed by atoms with Crippen molar-refractivity contribution >= 4 is 5.97 Å². The Morgan fingerprint density at radius 2 is 1.93 bits per heavy atom. The predicted octanol–water partition coefficient (Wildman–Crippen LogP) is 2.35. The van der Waals surface area contributed by atoms with Crippen LogP contribution in [0.15, 0.2) is 18.2 Å². The zero-order chi connectivity index (χ0) is 11.6. The van der Waals surface area contributed by atoms with Gasteiger partial charge in [0.1, 0.15) is 5.75 Å². The van der Waals surface area contributed by atoms with E-state index in [1.54, 1.807) is 26.0 Å². The Kier molecular flexibility index (Phi) is 3.03. The van der Waals surface area contributed by atoms with Crippen LogP contribution in [-0.2, 0) is 11.2 Å². The van der Waals surface area contributed by atoms with Gasteiger partial charge < -0.3 is 10.2 Å². The zero-order valence-electron chi connectivity index (χ0n) is 9.24. The lowest BCUT2D eigenvalue weighted by molar-refractivity contribution is -0.146. The first-order chi connectivity index (χ1) is 6.81. The number of carboxylic acid groups (broad SMARTS) is 1. The van der Waals surface area contributed by atoms with E-state index < -0.39 is 11.4 Å². The Balaban J connectivity index is 2.94. The van der Waals surface area contributed by atoms with E-state index in [0.717, 1.165) is 11.1 Å². The van der Waals surface area contributed by atoms with Crippen molar-refractivity contribution in [1.82, 2.24) is 0 Å². The maximum atomic E-state index is 10.9. The van der Waals surface area contributed by atoms with Crippen molar-refractivity contribution in [3.63, 3.8) is 0 Å². The van der Waals surface area contributed by atoms with Crippen LogP contribution in [0.5, 0.6) is 5.75 Å². The quantitative estimate of drug-likeness (QED) is 0.801. The maximum Gasteiger partial charge on any atom is 0.309 e. The number of phenols is 1. The Hall–Kier alpha value is -1.51. The molecule has 0 aliphatic heterocycles. The average molecular weight is 208 g/mol. The summed E-state index contributed by atoms with van der Waals surface area (Å²) in [7, 11) is 0. The molecule has 0 spiro atoms. The maximum absolute atomic E-state index is 10.9. The second-order valence-electron chi connectivity index (χ2n) is 4.54. The molecule has 0 aliphatic carbocycles. The summed E-state index contributed by atoms with van der Waals surface area (Å²) in [6.45, 7) is 5.22. The van der Waals surface area contributed by atoms with Crippen molar-refractivity contribution in [3.05, 3.63) is 29.3 Å². The van der Waals surface area contributed by atoms with E-state index in [0.29, 0.717) is 6.42 Å². The first-order valence-electron chi connectivity index (χ1n) is 4.84. The Bertz CT molecular complexity index is 360. The van der Waals surface area contributed by atoms with Gasteiger partial charge in [-0.15, -0.1) is 0 Å². The zero-order valence-corrected chi connectivity index (χ0v) is 9.24. The molecule has 0 aliphatic rings. The molecule has 1 aromatic rings. The van der Waals surface area contributed by atoms with Gasteiger partial charge in [0, 0.05) is 0 Å². The number of rotatable bonds is 3. The van der Waals surface area contributed by atoms with Crippen molar-refractivity contribution in [2.45, 2.75) is 27.2 Å². The predicted molar refractivity (Wildman–Crippen MR) is 58.0 cm³/mol. The second kappa shape index (κ2) is 3.93. The summed E-state index contributed by atoms with van der Waals surface area (Å²) < 4.78 is 0. The molecule has 3 nitrogen and oxygen atoms in total.